The van der Waals surface area contributed by atoms with Gasteiger partial charge in [-0.15, -0.1) is 0 Å². The summed E-state index contributed by atoms with van der Waals surface area (Å²) >= 11 is 0. The molecule has 34 heavy (non-hydrogen) atoms. The normalized spacial score (nSPS) is 54.7. The highest BCUT2D eigenvalue weighted by Gasteiger charge is 2.55. The van der Waals surface area contributed by atoms with Gasteiger partial charge in [0.15, 0.2) is 12.6 Å². The van der Waals surface area contributed by atoms with Crippen molar-refractivity contribution in [2.75, 3.05) is 13.2 Å². The van der Waals surface area contributed by atoms with Crippen LogP contribution in [0.3, 0.4) is 0 Å². The number of hydrogen-bond donors (Lipinski definition) is 12. The predicted molar refractivity (Wildman–Crippen MR) is 101 cm³/mol. The zero-order chi connectivity index (χ0) is 25.5. The number of aliphatic hydroxyl groups is 12. The molecule has 1 aliphatic carbocycles. The van der Waals surface area contributed by atoms with Gasteiger partial charge in [-0.05, 0) is 0 Å². The van der Waals surface area contributed by atoms with Crippen molar-refractivity contribution >= 4 is 0 Å². The van der Waals surface area contributed by atoms with E-state index in [0.717, 1.165) is 0 Å². The molecule has 1 saturated carbocycles. The largest absolute Gasteiger partial charge is 0.394 e. The Labute approximate surface area is 192 Å². The van der Waals surface area contributed by atoms with Gasteiger partial charge in [0.1, 0.15) is 85.5 Å². The van der Waals surface area contributed by atoms with Crippen LogP contribution in [0.15, 0.2) is 0 Å². The van der Waals surface area contributed by atoms with E-state index in [9.17, 15) is 61.3 Å². The molecule has 2 heterocycles. The Hall–Kier alpha value is -0.640. The Kier molecular flexibility index (Phi) is 9.18. The number of aliphatic hydroxyl groups excluding tert-OH is 12. The Morgan fingerprint density at radius 2 is 0.735 bits per heavy atom. The van der Waals surface area contributed by atoms with Crippen molar-refractivity contribution in [3.05, 3.63) is 0 Å². The summed E-state index contributed by atoms with van der Waals surface area (Å²) in [5.41, 5.74) is 0. The van der Waals surface area contributed by atoms with Crippen LogP contribution in [0.2, 0.25) is 0 Å². The maximum absolute atomic E-state index is 10.7. The lowest BCUT2D eigenvalue weighted by molar-refractivity contribution is -0.361. The summed E-state index contributed by atoms with van der Waals surface area (Å²) in [7, 11) is 0. The van der Waals surface area contributed by atoms with Gasteiger partial charge in [-0.25, -0.2) is 0 Å². The van der Waals surface area contributed by atoms with Crippen LogP contribution in [0, 0.1) is 0 Å². The second-order valence-electron chi connectivity index (χ2n) is 8.56. The zero-order valence-corrected chi connectivity index (χ0v) is 17.7. The molecule has 200 valence electrons. The molecule has 0 spiro atoms. The average molecular weight is 504 g/mol. The van der Waals surface area contributed by atoms with Gasteiger partial charge in [-0.3, -0.25) is 0 Å². The minimum atomic E-state index is -2.02. The van der Waals surface area contributed by atoms with Crippen molar-refractivity contribution < 1.29 is 80.2 Å². The van der Waals surface area contributed by atoms with E-state index in [1.54, 1.807) is 0 Å². The molecule has 0 aromatic carbocycles. The van der Waals surface area contributed by atoms with Crippen LogP contribution in [-0.4, -0.2) is 173 Å². The van der Waals surface area contributed by atoms with Gasteiger partial charge in [0, 0.05) is 0 Å². The first-order valence-electron chi connectivity index (χ1n) is 10.6. The van der Waals surface area contributed by atoms with E-state index in [0.29, 0.717) is 0 Å². The number of ether oxygens (including phenoxy) is 4. The van der Waals surface area contributed by atoms with E-state index >= 15 is 0 Å². The summed E-state index contributed by atoms with van der Waals surface area (Å²) in [6.45, 7) is -1.57. The van der Waals surface area contributed by atoms with Crippen molar-refractivity contribution in [2.45, 2.75) is 98.0 Å². The zero-order valence-electron chi connectivity index (χ0n) is 17.7. The van der Waals surface area contributed by atoms with Crippen molar-refractivity contribution in [3.8, 4) is 0 Å². The summed E-state index contributed by atoms with van der Waals surface area (Å²) in [4.78, 5) is 0. The van der Waals surface area contributed by atoms with Crippen LogP contribution in [0.5, 0.6) is 0 Å². The molecule has 0 aromatic rings. The van der Waals surface area contributed by atoms with Crippen molar-refractivity contribution in [3.63, 3.8) is 0 Å². The number of rotatable bonds is 6. The molecule has 0 radical (unpaired) electrons. The van der Waals surface area contributed by atoms with Gasteiger partial charge in [0.2, 0.25) is 0 Å². The topological polar surface area (TPSA) is 280 Å². The maximum Gasteiger partial charge on any atom is 0.187 e. The Morgan fingerprint density at radius 3 is 1.06 bits per heavy atom. The molecule has 3 fully saturated rings. The number of hydrogen-bond acceptors (Lipinski definition) is 16. The summed E-state index contributed by atoms with van der Waals surface area (Å²) in [6, 6.07) is 0. The van der Waals surface area contributed by atoms with Crippen LogP contribution >= 0.6 is 0 Å². The molecule has 0 bridgehead atoms. The molecular formula is C18H32O16. The lowest BCUT2D eigenvalue weighted by Crippen LogP contribution is -2.69. The molecule has 12 N–H and O–H groups in total. The SMILES string of the molecule is OC[C@H]1O[C@H](O[C@@H]2C(O)[C@@H](O[C@H]3O[C@H](CO)[C@@H](O)[C@H](O)[C@@H]3O)[C@@H](O)C(O)[C@H]2O)[C@@H](O)[C@@H](O)[C@@H]1O. The van der Waals surface area contributed by atoms with Crippen LogP contribution in [0.4, 0.5) is 0 Å². The highest BCUT2D eigenvalue weighted by Crippen LogP contribution is 2.32. The minimum Gasteiger partial charge on any atom is -0.394 e. The Bertz CT molecular complexity index is 599. The average Bonchev–Trinajstić information content (AvgIpc) is 2.82. The molecule has 3 rings (SSSR count). The second-order valence-corrected chi connectivity index (χ2v) is 8.56. The lowest BCUT2D eigenvalue weighted by atomic mass is 9.84. The van der Waals surface area contributed by atoms with Crippen LogP contribution in [-0.2, 0) is 18.9 Å². The van der Waals surface area contributed by atoms with E-state index in [4.69, 9.17) is 18.9 Å². The summed E-state index contributed by atoms with van der Waals surface area (Å²) in [5, 5.41) is 120. The summed E-state index contributed by atoms with van der Waals surface area (Å²) < 4.78 is 21.0. The monoisotopic (exact) mass is 504 g/mol. The molecule has 2 unspecified atom stereocenters. The third kappa shape index (κ3) is 5.09. The highest BCUT2D eigenvalue weighted by molar-refractivity contribution is 5.02. The standard InChI is InChI=1S/C18H32O16/c19-1-3-5(21)7(23)12(28)17(31-3)33-15-10(26)9(25)11(27)16(14(15)30)34-18-13(29)8(24)6(22)4(2-20)32-18/h3-30H,1-2H2/t3-,4-,5-,6-,7+,8+,9?,10-,11+,12+,13+,14?,15+,16+,17-,18-/m1/s1. The van der Waals surface area contributed by atoms with E-state index in [-0.39, 0.29) is 0 Å². The fourth-order valence-corrected chi connectivity index (χ4v) is 4.17. The molecule has 0 amide bonds. The molecule has 16 nitrogen and oxygen atoms in total. The maximum atomic E-state index is 10.7. The van der Waals surface area contributed by atoms with Crippen LogP contribution in [0.25, 0.3) is 0 Å². The van der Waals surface area contributed by atoms with Crippen molar-refractivity contribution in [1.82, 2.24) is 0 Å². The van der Waals surface area contributed by atoms with E-state index < -0.39 is 111 Å². The van der Waals surface area contributed by atoms with Crippen molar-refractivity contribution in [2.24, 2.45) is 0 Å². The fourth-order valence-electron chi connectivity index (χ4n) is 4.17. The first kappa shape index (κ1) is 27.9. The van der Waals surface area contributed by atoms with Crippen LogP contribution < -0.4 is 0 Å². The fraction of sp³-hybridized carbons (Fsp3) is 1.00. The van der Waals surface area contributed by atoms with Gasteiger partial charge in [0.25, 0.3) is 0 Å². The van der Waals surface area contributed by atoms with Gasteiger partial charge >= 0.3 is 0 Å². The van der Waals surface area contributed by atoms with Crippen LogP contribution in [0.1, 0.15) is 0 Å². The van der Waals surface area contributed by atoms with Crippen molar-refractivity contribution in [1.29, 1.82) is 0 Å². The first-order chi connectivity index (χ1) is 15.9. The van der Waals surface area contributed by atoms with Gasteiger partial charge in [0.05, 0.1) is 13.2 Å². The molecule has 0 aromatic heterocycles. The first-order valence-corrected chi connectivity index (χ1v) is 10.6. The third-order valence-electron chi connectivity index (χ3n) is 6.33. The smallest absolute Gasteiger partial charge is 0.187 e. The molecule has 3 aliphatic rings. The third-order valence-corrected chi connectivity index (χ3v) is 6.33. The lowest BCUT2D eigenvalue weighted by Gasteiger charge is -2.48. The van der Waals surface area contributed by atoms with E-state index in [1.807, 2.05) is 0 Å². The summed E-state index contributed by atoms with van der Waals surface area (Å²) in [5.74, 6) is 0. The Morgan fingerprint density at radius 1 is 0.412 bits per heavy atom. The highest BCUT2D eigenvalue weighted by atomic mass is 16.7. The van der Waals surface area contributed by atoms with Gasteiger partial charge in [-0.1, -0.05) is 0 Å². The van der Waals surface area contributed by atoms with Gasteiger partial charge in [-0.2, -0.15) is 0 Å². The molecule has 2 aliphatic heterocycles. The quantitative estimate of drug-likeness (QED) is 0.160. The molecule has 16 atom stereocenters. The molecule has 2 saturated heterocycles. The second kappa shape index (κ2) is 11.2. The minimum absolute atomic E-state index is 0.787. The Balaban J connectivity index is 1.77. The van der Waals surface area contributed by atoms with Gasteiger partial charge < -0.3 is 80.2 Å². The summed E-state index contributed by atoms with van der Waals surface area (Å²) in [6.07, 6.45) is -29.0. The molecule has 16 heteroatoms. The predicted octanol–water partition coefficient (Wildman–Crippen LogP) is -8.19. The van der Waals surface area contributed by atoms with E-state index in [1.165, 1.54) is 0 Å². The van der Waals surface area contributed by atoms with E-state index in [2.05, 4.69) is 0 Å². The molecular weight excluding hydrogens is 472 g/mol.